The largest absolute Gasteiger partial charge is 0.388 e. The molecule has 1 heterocycles. The summed E-state index contributed by atoms with van der Waals surface area (Å²) in [6.07, 6.45) is -5.04. The predicted octanol–water partition coefficient (Wildman–Crippen LogP) is -3.05. The Morgan fingerprint density at radius 1 is 1.25 bits per heavy atom. The topological polar surface area (TPSA) is 113 Å². The number of nitrogens with two attached hydrogens (primary N) is 1. The van der Waals surface area contributed by atoms with Crippen molar-refractivity contribution in [1.82, 2.24) is 0 Å². The van der Waals surface area contributed by atoms with Crippen molar-refractivity contribution in [3.63, 3.8) is 0 Å². The molecule has 5 unspecified atom stereocenters. The molecule has 0 aromatic carbocycles. The van der Waals surface area contributed by atoms with Gasteiger partial charge in [0.15, 0.2) is 12.6 Å². The fourth-order valence-electron chi connectivity index (χ4n) is 1.04. The van der Waals surface area contributed by atoms with Gasteiger partial charge in [-0.2, -0.15) is 0 Å². The molecule has 0 spiro atoms. The van der Waals surface area contributed by atoms with E-state index >= 15 is 0 Å². The highest BCUT2D eigenvalue weighted by molar-refractivity contribution is 5.57. The van der Waals surface area contributed by atoms with Crippen LogP contribution in [0.25, 0.3) is 0 Å². The van der Waals surface area contributed by atoms with Crippen molar-refractivity contribution in [1.29, 1.82) is 0 Å². The first-order valence-electron chi connectivity index (χ1n) is 3.48. The van der Waals surface area contributed by atoms with Crippen molar-refractivity contribution in [2.45, 2.75) is 30.6 Å². The first kappa shape index (κ1) is 9.56. The molecule has 0 aromatic heterocycles. The number of ether oxygens (including phenoxy) is 1. The van der Waals surface area contributed by atoms with Crippen LogP contribution in [0, 0.1) is 0 Å². The fourth-order valence-corrected chi connectivity index (χ4v) is 1.04. The second-order valence-corrected chi connectivity index (χ2v) is 2.69. The Bertz CT molecular complexity index is 175. The molecule has 1 rings (SSSR count). The third-order valence-electron chi connectivity index (χ3n) is 1.84. The van der Waals surface area contributed by atoms with E-state index in [-0.39, 0.29) is 0 Å². The summed E-state index contributed by atoms with van der Waals surface area (Å²) in [6.45, 7) is 0. The van der Waals surface area contributed by atoms with Crippen molar-refractivity contribution < 1.29 is 24.9 Å². The lowest BCUT2D eigenvalue weighted by Gasteiger charge is -2.36. The summed E-state index contributed by atoms with van der Waals surface area (Å²) in [5.41, 5.74) is 5.23. The maximum Gasteiger partial charge on any atom is 0.173 e. The minimum atomic E-state index is -1.42. The first-order chi connectivity index (χ1) is 5.57. The Labute approximate surface area is 68.6 Å². The zero-order chi connectivity index (χ0) is 9.30. The van der Waals surface area contributed by atoms with Gasteiger partial charge in [-0.1, -0.05) is 0 Å². The normalized spacial score (nSPS) is 48.8. The van der Waals surface area contributed by atoms with Crippen molar-refractivity contribution in [3.05, 3.63) is 0 Å². The van der Waals surface area contributed by atoms with Gasteiger partial charge in [-0.3, -0.25) is 0 Å². The van der Waals surface area contributed by atoms with Gasteiger partial charge in [-0.05, 0) is 0 Å². The molecule has 5 atom stereocenters. The summed E-state index contributed by atoms with van der Waals surface area (Å²) in [6, 6.07) is -1.09. The smallest absolute Gasteiger partial charge is 0.173 e. The summed E-state index contributed by atoms with van der Waals surface area (Å²) in [7, 11) is 0. The molecule has 0 aromatic rings. The Balaban J connectivity index is 2.70. The van der Waals surface area contributed by atoms with Crippen molar-refractivity contribution in [3.8, 4) is 0 Å². The van der Waals surface area contributed by atoms with Gasteiger partial charge in [0.05, 0.1) is 6.04 Å². The van der Waals surface area contributed by atoms with Crippen LogP contribution >= 0.6 is 0 Å². The summed E-state index contributed by atoms with van der Waals surface area (Å²) in [5.74, 6) is 0. The lowest BCUT2D eigenvalue weighted by atomic mass is 9.98. The molecular formula is C6H11NO5. The van der Waals surface area contributed by atoms with Crippen LogP contribution in [0.15, 0.2) is 0 Å². The van der Waals surface area contributed by atoms with E-state index in [1.807, 2.05) is 0 Å². The average molecular weight is 177 g/mol. The van der Waals surface area contributed by atoms with E-state index in [4.69, 9.17) is 21.1 Å². The van der Waals surface area contributed by atoms with Gasteiger partial charge < -0.3 is 30.6 Å². The maximum absolute atomic E-state index is 10.2. The van der Waals surface area contributed by atoms with Gasteiger partial charge in [0.1, 0.15) is 18.3 Å². The average Bonchev–Trinajstić information content (AvgIpc) is 2.08. The quantitative estimate of drug-likeness (QED) is 0.316. The summed E-state index contributed by atoms with van der Waals surface area (Å²) in [5, 5.41) is 27.3. The molecule has 0 aliphatic carbocycles. The van der Waals surface area contributed by atoms with Crippen molar-refractivity contribution in [2.75, 3.05) is 0 Å². The predicted molar refractivity (Wildman–Crippen MR) is 36.9 cm³/mol. The number of carbonyl (C=O) groups excluding carboxylic acids is 1. The number of carbonyl (C=O) groups is 1. The summed E-state index contributed by atoms with van der Waals surface area (Å²) >= 11 is 0. The molecule has 12 heavy (non-hydrogen) atoms. The van der Waals surface area contributed by atoms with Gasteiger partial charge in [0.25, 0.3) is 0 Å². The highest BCUT2D eigenvalue weighted by atomic mass is 16.6. The zero-order valence-corrected chi connectivity index (χ0v) is 6.20. The van der Waals surface area contributed by atoms with Crippen molar-refractivity contribution in [2.24, 2.45) is 5.73 Å². The second kappa shape index (κ2) is 3.46. The van der Waals surface area contributed by atoms with E-state index in [0.29, 0.717) is 6.29 Å². The molecule has 5 N–H and O–H groups in total. The number of hydrogen-bond acceptors (Lipinski definition) is 6. The molecule has 0 bridgehead atoms. The Kier molecular flexibility index (Phi) is 2.76. The molecule has 6 heteroatoms. The monoisotopic (exact) mass is 177 g/mol. The molecule has 0 amide bonds. The first-order valence-corrected chi connectivity index (χ1v) is 3.48. The molecular weight excluding hydrogens is 166 g/mol. The van der Waals surface area contributed by atoms with Crippen LogP contribution in [0.5, 0.6) is 0 Å². The highest BCUT2D eigenvalue weighted by Gasteiger charge is 2.41. The zero-order valence-electron chi connectivity index (χ0n) is 6.20. The lowest BCUT2D eigenvalue weighted by Crippen LogP contribution is -2.61. The molecule has 1 fully saturated rings. The van der Waals surface area contributed by atoms with E-state index in [0.717, 1.165) is 0 Å². The van der Waals surface area contributed by atoms with Crippen LogP contribution in [-0.2, 0) is 9.53 Å². The summed E-state index contributed by atoms with van der Waals surface area (Å²) < 4.78 is 4.58. The molecule has 1 saturated heterocycles. The maximum atomic E-state index is 10.2. The number of hydrogen-bond donors (Lipinski definition) is 4. The Morgan fingerprint density at radius 2 is 1.83 bits per heavy atom. The number of aliphatic hydroxyl groups is 3. The van der Waals surface area contributed by atoms with E-state index in [1.165, 1.54) is 0 Å². The van der Waals surface area contributed by atoms with Gasteiger partial charge in [0.2, 0.25) is 0 Å². The number of aldehydes is 1. The highest BCUT2D eigenvalue weighted by Crippen LogP contribution is 2.16. The second-order valence-electron chi connectivity index (χ2n) is 2.69. The lowest BCUT2D eigenvalue weighted by molar-refractivity contribution is -0.233. The third-order valence-corrected chi connectivity index (χ3v) is 1.84. The standard InChI is InChI=1S/C6H11NO5/c7-3-5(10)4(9)2(1-8)12-6(3)11/h1-6,9-11H,7H2. The third kappa shape index (κ3) is 1.47. The van der Waals surface area contributed by atoms with E-state index in [1.54, 1.807) is 0 Å². The van der Waals surface area contributed by atoms with Gasteiger partial charge >= 0.3 is 0 Å². The Hall–Kier alpha value is -0.530. The molecule has 6 nitrogen and oxygen atoms in total. The van der Waals surface area contributed by atoms with Crippen LogP contribution in [-0.4, -0.2) is 52.2 Å². The van der Waals surface area contributed by atoms with Gasteiger partial charge in [-0.25, -0.2) is 0 Å². The van der Waals surface area contributed by atoms with E-state index < -0.39 is 30.6 Å². The van der Waals surface area contributed by atoms with Crippen LogP contribution in [0.1, 0.15) is 0 Å². The van der Waals surface area contributed by atoms with Crippen LogP contribution in [0.3, 0.4) is 0 Å². The molecule has 0 radical (unpaired) electrons. The number of rotatable bonds is 1. The SMILES string of the molecule is NC1C(O)OC(C=O)C(O)C1O. The van der Waals surface area contributed by atoms with Crippen LogP contribution < -0.4 is 5.73 Å². The number of aliphatic hydroxyl groups excluding tert-OH is 3. The van der Waals surface area contributed by atoms with Crippen molar-refractivity contribution >= 4 is 6.29 Å². The molecule has 1 aliphatic rings. The van der Waals surface area contributed by atoms with E-state index in [9.17, 15) is 4.79 Å². The minimum Gasteiger partial charge on any atom is -0.388 e. The van der Waals surface area contributed by atoms with Crippen LogP contribution in [0.4, 0.5) is 0 Å². The minimum absolute atomic E-state index is 0.309. The van der Waals surface area contributed by atoms with Crippen LogP contribution in [0.2, 0.25) is 0 Å². The molecule has 70 valence electrons. The summed E-state index contributed by atoms with van der Waals surface area (Å²) in [4.78, 5) is 10.2. The molecule has 1 aliphatic heterocycles. The fraction of sp³-hybridized carbons (Fsp3) is 0.833. The molecule has 0 saturated carbocycles. The van der Waals surface area contributed by atoms with Gasteiger partial charge in [-0.15, -0.1) is 0 Å². The van der Waals surface area contributed by atoms with E-state index in [2.05, 4.69) is 4.74 Å². The van der Waals surface area contributed by atoms with Gasteiger partial charge in [0, 0.05) is 0 Å². The Morgan fingerprint density at radius 3 is 2.33 bits per heavy atom.